The maximum Gasteiger partial charge on any atom is 0.509 e. The molecule has 0 saturated carbocycles. The van der Waals surface area contributed by atoms with Gasteiger partial charge < -0.3 is 119 Å². The SMILES string of the molecule is CO[C@H]1C(OP(=O)(OC[C@H]2O[C@@H](n3cnc4c(N)ncnc43)CC2O)SCOC(=O)OC(C)C)[C@@H](CO)O[C@H]1n1ccc(=O)[nH]c1=O.CO[C@H]1C(O[P@@](=O)(OC[C@H]2O[C@@H](n3cnc4c(N)ncnc43)CC2O)SCOC(=O)OC(C)C)[C@@H](CO)O[C@H]1n1ccc(=O)[nH]c1=O.CO[C@H]1C(O[P@](=O)(OC[C@H]2O[C@@H](n3cnc4c(N)ncnc43)CC2O)SCOC(=O)OC(C)C)[C@@H](CO)O[C@H]1n1ccc(=O)[nH]c1=O. The number of H-pyrrole nitrogens is 3. The van der Waals surface area contributed by atoms with Crippen molar-refractivity contribution in [3.8, 4) is 0 Å². The molecule has 15 N–H and O–H groups in total. The fourth-order valence-electron chi connectivity index (χ4n) is 14.9. The molecular weight excluding hydrogens is 2010 g/mol. The van der Waals surface area contributed by atoms with Gasteiger partial charge in [0.15, 0.2) is 70.9 Å². The normalized spacial score (nSPS) is 27.3. The van der Waals surface area contributed by atoms with Crippen LogP contribution in [0.15, 0.2) is 104 Å². The van der Waals surface area contributed by atoms with Gasteiger partial charge in [0.1, 0.15) is 127 Å². The number of methoxy groups -OCH3 is 3. The predicted octanol–water partition coefficient (Wildman–Crippen LogP) is 0.822. The Hall–Kier alpha value is -10.2. The van der Waals surface area contributed by atoms with E-state index in [0.29, 0.717) is 67.6 Å². The van der Waals surface area contributed by atoms with Crippen molar-refractivity contribution in [3.63, 3.8) is 0 Å². The van der Waals surface area contributed by atoms with E-state index in [1.54, 1.807) is 55.2 Å². The molecule has 0 amide bonds. The standard InChI is InChI=1S/3C25H34N7O13PS/c3*1-12(2)42-25(37)40-11-47-46(38,45-19-14(7-33)44-23(20(19)39-3)31-5-4-16(35)30-24(31)36)41-8-15-13(34)6-17(43-15)32-10-29-18-21(26)27-9-28-22(18)32/h3*4-5,9-10,12-15,17,19-20,23,33-34H,6-8,11H2,1-3H3,(H2,26,27,28)(H,30,35,36)/t13?,14-,15-,17-,19?,20+,23-,46?;13?,14-,15-,17-,19?,20+,23-,46+;13?,14-,15-,17-,19?,20+,23-,46-/m111/s1. The van der Waals surface area contributed by atoms with Crippen molar-refractivity contribution in [1.29, 1.82) is 0 Å². The van der Waals surface area contributed by atoms with Crippen LogP contribution < -0.4 is 50.9 Å². The van der Waals surface area contributed by atoms with Gasteiger partial charge in [-0.25, -0.2) is 87.3 Å². The van der Waals surface area contributed by atoms with Crippen molar-refractivity contribution in [2.75, 3.05) is 96.0 Å². The number of fused-ring (bicyclic) bond motifs is 3. The third-order valence-electron chi connectivity index (χ3n) is 21.4. The smallest absolute Gasteiger partial charge is 0.432 e. The second kappa shape index (κ2) is 48.0. The summed E-state index contributed by atoms with van der Waals surface area (Å²) in [5.74, 6) is -1.12. The van der Waals surface area contributed by atoms with E-state index < -0.39 is 277 Å². The molecule has 9 aromatic heterocycles. The first kappa shape index (κ1) is 108. The van der Waals surface area contributed by atoms with Crippen LogP contribution in [-0.2, 0) is 112 Å². The molecule has 774 valence electrons. The number of rotatable bonds is 39. The van der Waals surface area contributed by atoms with Crippen LogP contribution in [0.2, 0.25) is 0 Å². The molecule has 0 spiro atoms. The van der Waals surface area contributed by atoms with Crippen LogP contribution >= 0.6 is 54.5 Å². The minimum Gasteiger partial charge on any atom is -0.432 e. The van der Waals surface area contributed by atoms with E-state index in [0.717, 1.165) is 31.9 Å². The second-order valence-corrected chi connectivity index (χ2v) is 43.7. The Morgan fingerprint density at radius 1 is 0.404 bits per heavy atom. The van der Waals surface area contributed by atoms with Gasteiger partial charge in [0.25, 0.3) is 16.7 Å². The Morgan fingerprint density at radius 3 is 0.901 bits per heavy atom. The number of aromatic amines is 3. The summed E-state index contributed by atoms with van der Waals surface area (Å²) in [5.41, 5.74) is 15.4. The Labute approximate surface area is 805 Å². The molecule has 6 aliphatic rings. The number of aliphatic hydroxyl groups is 6. The van der Waals surface area contributed by atoms with Gasteiger partial charge in [0.2, 0.25) is 0 Å². The number of ether oxygens (including phenoxy) is 15. The second-order valence-electron chi connectivity index (χ2n) is 31.8. The Morgan fingerprint density at radius 2 is 0.667 bits per heavy atom. The molecule has 24 atom stereocenters. The Kier molecular flexibility index (Phi) is 36.8. The molecule has 6 saturated heterocycles. The summed E-state index contributed by atoms with van der Waals surface area (Å²) in [7, 11) is 3.83. The average Bonchev–Trinajstić information content (AvgIpc) is 1.64. The lowest BCUT2D eigenvalue weighted by molar-refractivity contribution is -0.0625. The van der Waals surface area contributed by atoms with E-state index in [-0.39, 0.29) is 36.7 Å². The van der Waals surface area contributed by atoms with E-state index >= 15 is 0 Å². The molecule has 15 heterocycles. The van der Waals surface area contributed by atoms with Crippen LogP contribution in [0.3, 0.4) is 0 Å². The number of hydrogen-bond acceptors (Lipinski definition) is 54. The van der Waals surface area contributed by atoms with Gasteiger partial charge in [0.05, 0.1) is 95.2 Å². The fourth-order valence-corrected chi connectivity index (χ4v) is 23.3. The number of nitrogen functional groups attached to an aromatic ring is 3. The number of aliphatic hydroxyl groups excluding tert-OH is 6. The number of aromatic nitrogens is 18. The van der Waals surface area contributed by atoms with Gasteiger partial charge in [-0.2, -0.15) is 0 Å². The maximum absolute atomic E-state index is 14.2. The lowest BCUT2D eigenvalue weighted by Crippen LogP contribution is -2.39. The van der Waals surface area contributed by atoms with Crippen LogP contribution in [0.5, 0.6) is 0 Å². The van der Waals surface area contributed by atoms with Crippen molar-refractivity contribution in [2.45, 2.75) is 208 Å². The molecule has 60 nitrogen and oxygen atoms in total. The first-order valence-electron chi connectivity index (χ1n) is 42.6. The molecule has 0 bridgehead atoms. The molecule has 6 fully saturated rings. The van der Waals surface area contributed by atoms with Gasteiger partial charge in [0, 0.05) is 112 Å². The molecule has 9 aromatic rings. The zero-order valence-corrected chi connectivity index (χ0v) is 81.1. The highest BCUT2D eigenvalue weighted by atomic mass is 32.7. The first-order chi connectivity index (χ1) is 67.3. The van der Waals surface area contributed by atoms with Crippen LogP contribution in [0.1, 0.15) is 98.2 Å². The average molecular weight is 2110 g/mol. The van der Waals surface area contributed by atoms with E-state index in [2.05, 4.69) is 59.8 Å². The molecule has 0 aliphatic carbocycles. The van der Waals surface area contributed by atoms with Crippen molar-refractivity contribution in [3.05, 3.63) is 137 Å². The van der Waals surface area contributed by atoms with E-state index in [1.807, 2.05) is 0 Å². The summed E-state index contributed by atoms with van der Waals surface area (Å²) in [6.45, 7) is -6.79. The number of nitrogens with one attached hydrogen (secondary N) is 3. The molecule has 141 heavy (non-hydrogen) atoms. The number of nitrogens with two attached hydrogens (primary N) is 3. The summed E-state index contributed by atoms with van der Waals surface area (Å²) in [6.07, 6.45) is -15.7. The van der Waals surface area contributed by atoms with E-state index in [4.69, 9.17) is 115 Å². The monoisotopic (exact) mass is 2110 g/mol. The first-order valence-corrected chi connectivity index (χ1v) is 52.0. The predicted molar refractivity (Wildman–Crippen MR) is 483 cm³/mol. The van der Waals surface area contributed by atoms with Gasteiger partial charge in [-0.3, -0.25) is 83.9 Å². The number of imidazole rings is 3. The third-order valence-corrected chi connectivity index (χ3v) is 31.4. The van der Waals surface area contributed by atoms with Gasteiger partial charge in [-0.1, -0.05) is 0 Å². The van der Waals surface area contributed by atoms with Crippen molar-refractivity contribution < 1.29 is 157 Å². The van der Waals surface area contributed by atoms with Gasteiger partial charge >= 0.3 is 55.9 Å². The van der Waals surface area contributed by atoms with Crippen molar-refractivity contribution in [2.24, 2.45) is 0 Å². The lowest BCUT2D eigenvalue weighted by atomic mass is 10.1. The summed E-state index contributed by atoms with van der Waals surface area (Å²) in [4.78, 5) is 151. The Bertz CT molecular complexity index is 5750. The van der Waals surface area contributed by atoms with E-state index in [9.17, 15) is 87.5 Å². The molecule has 0 aromatic carbocycles. The number of hydrogen-bond donors (Lipinski definition) is 12. The molecule has 66 heteroatoms. The summed E-state index contributed by atoms with van der Waals surface area (Å²) in [6, 6.07) is 3.27. The summed E-state index contributed by atoms with van der Waals surface area (Å²) < 4.78 is 167. The van der Waals surface area contributed by atoms with Crippen molar-refractivity contribution >= 4 is 124 Å². The third kappa shape index (κ3) is 26.3. The number of anilines is 3. The highest BCUT2D eigenvalue weighted by Crippen LogP contribution is 2.66. The summed E-state index contributed by atoms with van der Waals surface area (Å²) >= 11 is 1.43. The number of carbonyl (C=O) groups excluding carboxylic acids is 3. The van der Waals surface area contributed by atoms with E-state index in [1.165, 1.54) is 77.9 Å². The molecule has 6 aliphatic heterocycles. The summed E-state index contributed by atoms with van der Waals surface area (Å²) in [5, 5.41) is 62.7. The van der Waals surface area contributed by atoms with Crippen LogP contribution in [-0.4, -0.2) is 325 Å². The largest absolute Gasteiger partial charge is 0.509 e. The quantitative estimate of drug-likeness (QED) is 0.0110. The van der Waals surface area contributed by atoms with Crippen LogP contribution in [0.4, 0.5) is 31.8 Å². The zero-order valence-electron chi connectivity index (χ0n) is 75.9. The molecule has 0 radical (unpaired) electrons. The molecule has 7 unspecified atom stereocenters. The molecular formula is C75H102N21O39P3S3. The minimum atomic E-state index is -4.38. The minimum absolute atomic E-state index is 0.0935. The molecule has 15 rings (SSSR count). The lowest BCUT2D eigenvalue weighted by Gasteiger charge is -2.28. The van der Waals surface area contributed by atoms with Gasteiger partial charge in [-0.15, -0.1) is 0 Å². The van der Waals surface area contributed by atoms with Crippen LogP contribution in [0, 0.1) is 0 Å². The zero-order chi connectivity index (χ0) is 102. The number of nitrogens with zero attached hydrogens (tertiary/aromatic N) is 15. The van der Waals surface area contributed by atoms with Crippen molar-refractivity contribution in [1.82, 2.24) is 87.2 Å². The number of carbonyl (C=O) groups is 3. The highest BCUT2D eigenvalue weighted by molar-refractivity contribution is 8.55. The van der Waals surface area contributed by atoms with Gasteiger partial charge in [-0.05, 0) is 41.5 Å². The Balaban J connectivity index is 0.000000178. The fraction of sp³-hybridized carbons (Fsp3) is 0.600. The highest BCUT2D eigenvalue weighted by Gasteiger charge is 2.55. The topological polar surface area (TPSA) is 791 Å². The van der Waals surface area contributed by atoms with Crippen LogP contribution in [0.25, 0.3) is 33.5 Å². The maximum atomic E-state index is 14.2.